The van der Waals surface area contributed by atoms with Gasteiger partial charge in [-0.2, -0.15) is 11.8 Å². The lowest BCUT2D eigenvalue weighted by Gasteiger charge is -2.21. The summed E-state index contributed by atoms with van der Waals surface area (Å²) in [4.78, 5) is 13.9. The molecule has 94 valence electrons. The predicted octanol–water partition coefficient (Wildman–Crippen LogP) is 2.19. The van der Waals surface area contributed by atoms with E-state index in [0.29, 0.717) is 5.69 Å². The van der Waals surface area contributed by atoms with Crippen molar-refractivity contribution in [3.63, 3.8) is 0 Å². The normalized spacial score (nSPS) is 12.2. The number of anilines is 1. The summed E-state index contributed by atoms with van der Waals surface area (Å²) in [7, 11) is 1.85. The molecule has 0 bridgehead atoms. The number of likely N-dealkylation sites (N-methyl/N-ethyl adjacent to an activating group) is 1. The van der Waals surface area contributed by atoms with E-state index in [-0.39, 0.29) is 11.8 Å². The zero-order chi connectivity index (χ0) is 12.8. The third-order valence-electron chi connectivity index (χ3n) is 2.79. The first-order chi connectivity index (χ1) is 8.06. The molecule has 17 heavy (non-hydrogen) atoms. The second kappa shape index (κ2) is 6.55. The smallest absolute Gasteiger partial charge is 0.229 e. The molecule has 0 aliphatic rings. The van der Waals surface area contributed by atoms with Gasteiger partial charge in [-0.05, 0) is 30.9 Å². The third-order valence-corrected chi connectivity index (χ3v) is 3.38. The Morgan fingerprint density at radius 3 is 2.82 bits per heavy atom. The molecule has 1 unspecified atom stereocenters. The Kier molecular flexibility index (Phi) is 5.35. The highest BCUT2D eigenvalue weighted by Crippen LogP contribution is 2.19. The van der Waals surface area contributed by atoms with Crippen molar-refractivity contribution in [3.05, 3.63) is 29.8 Å². The van der Waals surface area contributed by atoms with E-state index in [1.165, 1.54) is 0 Å². The van der Waals surface area contributed by atoms with Crippen LogP contribution in [0.5, 0.6) is 0 Å². The number of amides is 1. The molecular formula is C13H20N2OS. The number of hydrogen-bond acceptors (Lipinski definition) is 3. The second-order valence-corrected chi connectivity index (χ2v) is 5.13. The maximum Gasteiger partial charge on any atom is 0.229 e. The molecule has 1 rings (SSSR count). The van der Waals surface area contributed by atoms with Crippen molar-refractivity contribution < 1.29 is 4.79 Å². The minimum Gasteiger partial charge on any atom is -0.399 e. The number of hydrogen-bond donors (Lipinski definition) is 1. The number of carbonyl (C=O) groups is 1. The average molecular weight is 252 g/mol. The van der Waals surface area contributed by atoms with E-state index < -0.39 is 0 Å². The van der Waals surface area contributed by atoms with Crippen molar-refractivity contribution in [3.8, 4) is 0 Å². The van der Waals surface area contributed by atoms with Crippen molar-refractivity contribution in [1.82, 2.24) is 4.90 Å². The monoisotopic (exact) mass is 252 g/mol. The summed E-state index contributed by atoms with van der Waals surface area (Å²) in [6.07, 6.45) is 2.04. The van der Waals surface area contributed by atoms with E-state index >= 15 is 0 Å². The van der Waals surface area contributed by atoms with Crippen molar-refractivity contribution in [1.29, 1.82) is 0 Å². The van der Waals surface area contributed by atoms with Gasteiger partial charge in [-0.1, -0.05) is 12.1 Å². The lowest BCUT2D eigenvalue weighted by atomic mass is 9.99. The first kappa shape index (κ1) is 13.9. The Bertz CT molecular complexity index is 381. The van der Waals surface area contributed by atoms with Crippen LogP contribution in [0, 0.1) is 0 Å². The van der Waals surface area contributed by atoms with E-state index in [1.54, 1.807) is 16.7 Å². The molecule has 0 spiro atoms. The van der Waals surface area contributed by atoms with Gasteiger partial charge >= 0.3 is 0 Å². The molecule has 0 saturated heterocycles. The molecular weight excluding hydrogens is 232 g/mol. The number of nitrogens with two attached hydrogens (primary N) is 1. The SMILES string of the molecule is CSCCN(C)C(=O)C(C)c1cccc(N)c1. The average Bonchev–Trinajstić information content (AvgIpc) is 2.34. The molecule has 1 aromatic carbocycles. The van der Waals surface area contributed by atoms with Gasteiger partial charge in [-0.3, -0.25) is 4.79 Å². The minimum absolute atomic E-state index is 0.134. The molecule has 1 aromatic rings. The first-order valence-corrected chi connectivity index (χ1v) is 7.05. The Hall–Kier alpha value is -1.16. The second-order valence-electron chi connectivity index (χ2n) is 4.14. The molecule has 0 aromatic heterocycles. The summed E-state index contributed by atoms with van der Waals surface area (Å²) in [6.45, 7) is 2.71. The topological polar surface area (TPSA) is 46.3 Å². The van der Waals surface area contributed by atoms with Crippen LogP contribution >= 0.6 is 11.8 Å². The van der Waals surface area contributed by atoms with Gasteiger partial charge in [-0.25, -0.2) is 0 Å². The highest BCUT2D eigenvalue weighted by molar-refractivity contribution is 7.98. The van der Waals surface area contributed by atoms with E-state index in [4.69, 9.17) is 5.73 Å². The van der Waals surface area contributed by atoms with Gasteiger partial charge in [0.05, 0.1) is 5.92 Å². The van der Waals surface area contributed by atoms with Gasteiger partial charge in [0.1, 0.15) is 0 Å². The van der Waals surface area contributed by atoms with Gasteiger partial charge < -0.3 is 10.6 Å². The number of rotatable bonds is 5. The Morgan fingerprint density at radius 2 is 2.24 bits per heavy atom. The Labute approximate surface area is 107 Å². The summed E-state index contributed by atoms with van der Waals surface area (Å²) in [5.74, 6) is 0.973. The summed E-state index contributed by atoms with van der Waals surface area (Å²) >= 11 is 1.74. The lowest BCUT2D eigenvalue weighted by Crippen LogP contribution is -2.32. The molecule has 0 radical (unpaired) electrons. The largest absolute Gasteiger partial charge is 0.399 e. The van der Waals surface area contributed by atoms with Crippen molar-refractivity contribution in [2.24, 2.45) is 0 Å². The van der Waals surface area contributed by atoms with Gasteiger partial charge in [0.2, 0.25) is 5.91 Å². The summed E-state index contributed by atoms with van der Waals surface area (Å²) in [6, 6.07) is 7.53. The Morgan fingerprint density at radius 1 is 1.53 bits per heavy atom. The molecule has 2 N–H and O–H groups in total. The highest BCUT2D eigenvalue weighted by atomic mass is 32.2. The highest BCUT2D eigenvalue weighted by Gasteiger charge is 2.18. The van der Waals surface area contributed by atoms with Crippen LogP contribution in [-0.4, -0.2) is 36.4 Å². The van der Waals surface area contributed by atoms with Crippen LogP contribution in [0.3, 0.4) is 0 Å². The molecule has 4 heteroatoms. The summed E-state index contributed by atoms with van der Waals surface area (Å²) in [5.41, 5.74) is 7.41. The first-order valence-electron chi connectivity index (χ1n) is 5.65. The fourth-order valence-corrected chi connectivity index (χ4v) is 2.10. The molecule has 1 atom stereocenters. The molecule has 1 amide bonds. The van der Waals surface area contributed by atoms with E-state index in [9.17, 15) is 4.79 Å². The standard InChI is InChI=1S/C13H20N2OS/c1-10(11-5-4-6-12(14)9-11)13(16)15(2)7-8-17-3/h4-6,9-10H,7-8,14H2,1-3H3. The molecule has 0 aliphatic heterocycles. The number of benzene rings is 1. The molecule has 0 aliphatic carbocycles. The van der Waals surface area contributed by atoms with E-state index in [0.717, 1.165) is 17.9 Å². The summed E-state index contributed by atoms with van der Waals surface area (Å²) < 4.78 is 0. The quantitative estimate of drug-likeness (QED) is 0.817. The van der Waals surface area contributed by atoms with Gasteiger partial charge in [-0.15, -0.1) is 0 Å². The maximum atomic E-state index is 12.1. The number of thioether (sulfide) groups is 1. The zero-order valence-electron chi connectivity index (χ0n) is 10.6. The van der Waals surface area contributed by atoms with Crippen LogP contribution in [0.25, 0.3) is 0 Å². The number of nitrogen functional groups attached to an aromatic ring is 1. The zero-order valence-corrected chi connectivity index (χ0v) is 11.5. The van der Waals surface area contributed by atoms with Crippen LogP contribution in [0.4, 0.5) is 5.69 Å². The number of carbonyl (C=O) groups excluding carboxylic acids is 1. The maximum absolute atomic E-state index is 12.1. The van der Waals surface area contributed by atoms with Crippen molar-refractivity contribution in [2.45, 2.75) is 12.8 Å². The van der Waals surface area contributed by atoms with Crippen LogP contribution < -0.4 is 5.73 Å². The van der Waals surface area contributed by atoms with Crippen LogP contribution in [-0.2, 0) is 4.79 Å². The minimum atomic E-state index is -0.134. The van der Waals surface area contributed by atoms with E-state index in [1.807, 2.05) is 44.5 Å². The van der Waals surface area contributed by atoms with Gasteiger partial charge in [0.25, 0.3) is 0 Å². The molecule has 3 nitrogen and oxygen atoms in total. The molecule has 0 fully saturated rings. The fraction of sp³-hybridized carbons (Fsp3) is 0.462. The van der Waals surface area contributed by atoms with Gasteiger partial charge in [0.15, 0.2) is 0 Å². The van der Waals surface area contributed by atoms with Crippen molar-refractivity contribution >= 4 is 23.4 Å². The molecule has 0 saturated carbocycles. The number of nitrogens with zero attached hydrogens (tertiary/aromatic N) is 1. The van der Waals surface area contributed by atoms with Gasteiger partial charge in [0, 0.05) is 25.0 Å². The lowest BCUT2D eigenvalue weighted by molar-refractivity contribution is -0.130. The molecule has 0 heterocycles. The van der Waals surface area contributed by atoms with Crippen LogP contribution in [0.1, 0.15) is 18.4 Å². The Balaban J connectivity index is 2.69. The van der Waals surface area contributed by atoms with Crippen LogP contribution in [0.15, 0.2) is 24.3 Å². The van der Waals surface area contributed by atoms with Crippen LogP contribution in [0.2, 0.25) is 0 Å². The fourth-order valence-electron chi connectivity index (χ4n) is 1.64. The third kappa shape index (κ3) is 3.97. The van der Waals surface area contributed by atoms with Crippen molar-refractivity contribution in [2.75, 3.05) is 31.3 Å². The summed E-state index contributed by atoms with van der Waals surface area (Å²) in [5, 5.41) is 0. The van der Waals surface area contributed by atoms with E-state index in [2.05, 4.69) is 0 Å². The predicted molar refractivity (Wildman–Crippen MR) is 75.3 cm³/mol.